The molecule has 2 heterocycles. The molecule has 1 aromatic carbocycles. The smallest absolute Gasteiger partial charge is 0.338 e. The van der Waals surface area contributed by atoms with Gasteiger partial charge in [-0.15, -0.1) is 0 Å². The number of halogens is 1. The Morgan fingerprint density at radius 1 is 1.19 bits per heavy atom. The highest BCUT2D eigenvalue weighted by Gasteiger charge is 2.33. The molecular formula is C24H27ClN4O3. The van der Waals surface area contributed by atoms with Crippen LogP contribution in [0, 0.1) is 0 Å². The quantitative estimate of drug-likeness (QED) is 0.442. The van der Waals surface area contributed by atoms with Gasteiger partial charge in [0.05, 0.1) is 12.7 Å². The largest absolute Gasteiger partial charge is 0.466 e. The maximum absolute atomic E-state index is 12.8. The van der Waals surface area contributed by atoms with Crippen LogP contribution in [0.2, 0.25) is 5.02 Å². The first-order valence-corrected chi connectivity index (χ1v) is 11.0. The molecule has 2 aromatic rings. The number of hydrogen-bond donors (Lipinski definition) is 2. The standard InChI is InChI=1S/C24H27ClN4O3/c1-3-4-14-27-20(30)13-12-18-21(24(31)32-2)22(16-9-5-6-10-17(16)25)29-23(28-18)19-11-7-8-15-26-19/h5-11,15,22H,3-4,12-14H2,1-2H3,(H,27,30)(H,28,29). The van der Waals surface area contributed by atoms with Crippen molar-refractivity contribution in [2.24, 2.45) is 4.99 Å². The van der Waals surface area contributed by atoms with Crippen molar-refractivity contribution in [3.05, 3.63) is 76.2 Å². The van der Waals surface area contributed by atoms with E-state index < -0.39 is 12.0 Å². The number of ether oxygens (including phenoxy) is 1. The van der Waals surface area contributed by atoms with Gasteiger partial charge >= 0.3 is 5.97 Å². The molecule has 0 radical (unpaired) electrons. The first-order chi connectivity index (χ1) is 15.5. The van der Waals surface area contributed by atoms with Gasteiger partial charge in [-0.25, -0.2) is 4.79 Å². The Balaban J connectivity index is 1.99. The number of carbonyl (C=O) groups excluding carboxylic acids is 2. The number of unbranched alkanes of at least 4 members (excludes halogenated alkanes) is 1. The molecule has 1 amide bonds. The van der Waals surface area contributed by atoms with Crippen molar-refractivity contribution in [3.8, 4) is 0 Å². The van der Waals surface area contributed by atoms with Gasteiger partial charge < -0.3 is 15.4 Å². The number of amidine groups is 1. The summed E-state index contributed by atoms with van der Waals surface area (Å²) in [5, 5.41) is 6.61. The van der Waals surface area contributed by atoms with Gasteiger partial charge in [0.1, 0.15) is 11.7 Å². The Morgan fingerprint density at radius 3 is 2.66 bits per heavy atom. The third-order valence-electron chi connectivity index (χ3n) is 5.09. The molecule has 168 valence electrons. The lowest BCUT2D eigenvalue weighted by atomic mass is 9.93. The van der Waals surface area contributed by atoms with Crippen LogP contribution in [-0.4, -0.2) is 36.4 Å². The second kappa shape index (κ2) is 11.4. The van der Waals surface area contributed by atoms with Crippen LogP contribution >= 0.6 is 11.6 Å². The van der Waals surface area contributed by atoms with E-state index in [-0.39, 0.29) is 12.3 Å². The summed E-state index contributed by atoms with van der Waals surface area (Å²) >= 11 is 6.47. The fourth-order valence-corrected chi connectivity index (χ4v) is 3.67. The summed E-state index contributed by atoms with van der Waals surface area (Å²) in [4.78, 5) is 34.3. The molecule has 0 spiro atoms. The molecule has 0 fully saturated rings. The molecule has 2 N–H and O–H groups in total. The molecule has 0 saturated carbocycles. The van der Waals surface area contributed by atoms with E-state index in [0.717, 1.165) is 12.8 Å². The first-order valence-electron chi connectivity index (χ1n) is 10.6. The first kappa shape index (κ1) is 23.5. The van der Waals surface area contributed by atoms with Crippen molar-refractivity contribution >= 4 is 29.3 Å². The van der Waals surface area contributed by atoms with Crippen molar-refractivity contribution < 1.29 is 14.3 Å². The monoisotopic (exact) mass is 454 g/mol. The van der Waals surface area contributed by atoms with Gasteiger partial charge in [-0.1, -0.05) is 49.2 Å². The van der Waals surface area contributed by atoms with Gasteiger partial charge in [-0.3, -0.25) is 14.8 Å². The Hall–Kier alpha value is -3.19. The Labute approximate surface area is 192 Å². The number of nitrogens with one attached hydrogen (secondary N) is 2. The lowest BCUT2D eigenvalue weighted by Crippen LogP contribution is -2.35. The van der Waals surface area contributed by atoms with Crippen LogP contribution in [0.25, 0.3) is 0 Å². The van der Waals surface area contributed by atoms with Crippen molar-refractivity contribution in [3.63, 3.8) is 0 Å². The highest BCUT2D eigenvalue weighted by Crippen LogP contribution is 2.36. The predicted octanol–water partition coefficient (Wildman–Crippen LogP) is 3.95. The van der Waals surface area contributed by atoms with E-state index >= 15 is 0 Å². The summed E-state index contributed by atoms with van der Waals surface area (Å²) in [6.45, 7) is 2.70. The summed E-state index contributed by atoms with van der Waals surface area (Å²) in [6, 6.07) is 12.1. The molecule has 1 aliphatic heterocycles. The number of aromatic nitrogens is 1. The van der Waals surface area contributed by atoms with Gasteiger partial charge in [-0.05, 0) is 31.0 Å². The van der Waals surface area contributed by atoms with Crippen LogP contribution in [0.1, 0.15) is 49.9 Å². The number of methoxy groups -OCH3 is 1. The van der Waals surface area contributed by atoms with Gasteiger partial charge in [0.15, 0.2) is 5.84 Å². The molecule has 8 heteroatoms. The molecule has 32 heavy (non-hydrogen) atoms. The minimum atomic E-state index is -0.687. The zero-order chi connectivity index (χ0) is 22.9. The van der Waals surface area contributed by atoms with Gasteiger partial charge in [0.25, 0.3) is 0 Å². The van der Waals surface area contributed by atoms with Gasteiger partial charge in [-0.2, -0.15) is 0 Å². The zero-order valence-corrected chi connectivity index (χ0v) is 19.0. The van der Waals surface area contributed by atoms with E-state index in [4.69, 9.17) is 21.3 Å². The van der Waals surface area contributed by atoms with E-state index in [2.05, 4.69) is 22.5 Å². The average Bonchev–Trinajstić information content (AvgIpc) is 2.82. The number of esters is 1. The summed E-state index contributed by atoms with van der Waals surface area (Å²) in [5.74, 6) is -0.0923. The minimum Gasteiger partial charge on any atom is -0.466 e. The van der Waals surface area contributed by atoms with E-state index in [0.29, 0.717) is 46.4 Å². The Bertz CT molecular complexity index is 1020. The van der Waals surface area contributed by atoms with Crippen LogP contribution in [0.5, 0.6) is 0 Å². The maximum Gasteiger partial charge on any atom is 0.338 e. The van der Waals surface area contributed by atoms with E-state index in [1.807, 2.05) is 36.4 Å². The number of allylic oxidation sites excluding steroid dienone is 1. The van der Waals surface area contributed by atoms with E-state index in [9.17, 15) is 9.59 Å². The van der Waals surface area contributed by atoms with Gasteiger partial charge in [0.2, 0.25) is 5.91 Å². The van der Waals surface area contributed by atoms with Crippen LogP contribution in [-0.2, 0) is 14.3 Å². The molecular weight excluding hydrogens is 428 g/mol. The topological polar surface area (TPSA) is 92.7 Å². The summed E-state index contributed by atoms with van der Waals surface area (Å²) in [5.41, 5.74) is 2.21. The number of amides is 1. The molecule has 1 unspecified atom stereocenters. The Morgan fingerprint density at radius 2 is 1.97 bits per heavy atom. The third-order valence-corrected chi connectivity index (χ3v) is 5.44. The van der Waals surface area contributed by atoms with Crippen molar-refractivity contribution in [1.29, 1.82) is 0 Å². The van der Waals surface area contributed by atoms with Gasteiger partial charge in [0, 0.05) is 35.4 Å². The second-order valence-corrected chi connectivity index (χ2v) is 7.74. The van der Waals surface area contributed by atoms with Crippen LogP contribution in [0.15, 0.2) is 64.9 Å². The number of pyridine rings is 1. The lowest BCUT2D eigenvalue weighted by molar-refractivity contribution is -0.136. The van der Waals surface area contributed by atoms with Crippen molar-refractivity contribution in [2.75, 3.05) is 13.7 Å². The second-order valence-electron chi connectivity index (χ2n) is 7.33. The molecule has 1 aromatic heterocycles. The summed E-state index contributed by atoms with van der Waals surface area (Å²) < 4.78 is 5.07. The number of nitrogens with zero attached hydrogens (tertiary/aromatic N) is 2. The van der Waals surface area contributed by atoms with Crippen LogP contribution in [0.3, 0.4) is 0 Å². The molecule has 0 saturated heterocycles. The fraction of sp³-hybridized carbons (Fsp3) is 0.333. The highest BCUT2D eigenvalue weighted by molar-refractivity contribution is 6.31. The molecule has 0 aliphatic carbocycles. The lowest BCUT2D eigenvalue weighted by Gasteiger charge is -2.27. The molecule has 3 rings (SSSR count). The zero-order valence-electron chi connectivity index (χ0n) is 18.2. The normalized spacial score (nSPS) is 15.6. The summed E-state index contributed by atoms with van der Waals surface area (Å²) in [7, 11) is 1.33. The molecule has 1 atom stereocenters. The summed E-state index contributed by atoms with van der Waals surface area (Å²) in [6.07, 6.45) is 4.13. The van der Waals surface area contributed by atoms with Crippen LogP contribution < -0.4 is 10.6 Å². The van der Waals surface area contributed by atoms with Crippen molar-refractivity contribution in [1.82, 2.24) is 15.6 Å². The van der Waals surface area contributed by atoms with E-state index in [1.54, 1.807) is 12.3 Å². The number of aliphatic imine (C=N–C) groups is 1. The molecule has 1 aliphatic rings. The van der Waals surface area contributed by atoms with Crippen LogP contribution in [0.4, 0.5) is 0 Å². The average molecular weight is 455 g/mol. The number of benzene rings is 1. The SMILES string of the molecule is CCCCNC(=O)CCC1=C(C(=O)OC)C(c2ccccc2Cl)N=C(c2ccccn2)N1. The molecule has 7 nitrogen and oxygen atoms in total. The number of carbonyl (C=O) groups is 2. The maximum atomic E-state index is 12.8. The minimum absolute atomic E-state index is 0.0758. The fourth-order valence-electron chi connectivity index (χ4n) is 3.43. The third kappa shape index (κ3) is 5.73. The van der Waals surface area contributed by atoms with Crippen molar-refractivity contribution in [2.45, 2.75) is 38.6 Å². The number of hydrogen-bond acceptors (Lipinski definition) is 6. The predicted molar refractivity (Wildman–Crippen MR) is 124 cm³/mol. The highest BCUT2D eigenvalue weighted by atomic mass is 35.5. The van der Waals surface area contributed by atoms with E-state index in [1.165, 1.54) is 7.11 Å². The Kier molecular flexibility index (Phi) is 8.39. The molecule has 0 bridgehead atoms. The number of rotatable bonds is 9.